The highest BCUT2D eigenvalue weighted by atomic mass is 16.5. The molecule has 2 aromatic rings. The fourth-order valence-corrected chi connectivity index (χ4v) is 2.82. The molecule has 4 nitrogen and oxygen atoms in total. The molecule has 0 saturated heterocycles. The van der Waals surface area contributed by atoms with Crippen molar-refractivity contribution < 1.29 is 9.53 Å². The Labute approximate surface area is 144 Å². The molecule has 0 fully saturated rings. The summed E-state index contributed by atoms with van der Waals surface area (Å²) < 4.78 is 6.99. The van der Waals surface area contributed by atoms with E-state index in [2.05, 4.69) is 13.5 Å². The van der Waals surface area contributed by atoms with Crippen LogP contribution in [0.3, 0.4) is 0 Å². The largest absolute Gasteiger partial charge is 0.497 e. The van der Waals surface area contributed by atoms with Crippen molar-refractivity contribution in [3.8, 4) is 11.4 Å². The van der Waals surface area contributed by atoms with E-state index in [4.69, 9.17) is 9.84 Å². The number of ketones is 1. The summed E-state index contributed by atoms with van der Waals surface area (Å²) in [5, 5.41) is 4.71. The number of methoxy groups -OCH3 is 1. The topological polar surface area (TPSA) is 44.1 Å². The minimum absolute atomic E-state index is 0.136. The zero-order chi connectivity index (χ0) is 17.7. The van der Waals surface area contributed by atoms with Crippen molar-refractivity contribution in [2.45, 2.75) is 46.5 Å². The molecule has 1 aromatic carbocycles. The van der Waals surface area contributed by atoms with Crippen LogP contribution in [0.5, 0.6) is 5.75 Å². The molecule has 24 heavy (non-hydrogen) atoms. The lowest BCUT2D eigenvalue weighted by molar-refractivity contribution is 0.0973. The third-order valence-electron chi connectivity index (χ3n) is 3.95. The quantitative estimate of drug-likeness (QED) is 0.651. The number of carbonyl (C=O) groups is 1. The van der Waals surface area contributed by atoms with Crippen LogP contribution in [0.25, 0.3) is 11.3 Å². The Morgan fingerprint density at radius 1 is 1.21 bits per heavy atom. The average Bonchev–Trinajstić information content (AvgIpc) is 2.95. The van der Waals surface area contributed by atoms with Crippen LogP contribution in [0.4, 0.5) is 0 Å². The second-order valence-corrected chi connectivity index (χ2v) is 5.99. The van der Waals surface area contributed by atoms with Gasteiger partial charge < -0.3 is 4.74 Å². The molecular formula is C20H26N2O2. The molecule has 1 heterocycles. The molecule has 0 unspecified atom stereocenters. The van der Waals surface area contributed by atoms with Gasteiger partial charge in [0.1, 0.15) is 11.4 Å². The van der Waals surface area contributed by atoms with Crippen molar-refractivity contribution >= 4 is 11.4 Å². The highest BCUT2D eigenvalue weighted by molar-refractivity contribution is 5.97. The first-order chi connectivity index (χ1) is 11.5. The van der Waals surface area contributed by atoms with Gasteiger partial charge in [-0.2, -0.15) is 5.10 Å². The summed E-state index contributed by atoms with van der Waals surface area (Å²) in [4.78, 5) is 12.8. The van der Waals surface area contributed by atoms with Crippen LogP contribution < -0.4 is 4.74 Å². The first kappa shape index (κ1) is 18.0. The van der Waals surface area contributed by atoms with Crippen molar-refractivity contribution in [2.24, 2.45) is 0 Å². The number of hydrogen-bond acceptors (Lipinski definition) is 3. The summed E-state index contributed by atoms with van der Waals surface area (Å²) in [6.07, 6.45) is 3.12. The number of carbonyl (C=O) groups excluding carboxylic acids is 1. The molecule has 0 aliphatic heterocycles. The summed E-state index contributed by atoms with van der Waals surface area (Å²) in [6, 6.07) is 7.61. The summed E-state index contributed by atoms with van der Waals surface area (Å²) >= 11 is 0. The van der Waals surface area contributed by atoms with E-state index in [0.717, 1.165) is 47.5 Å². The fourth-order valence-electron chi connectivity index (χ4n) is 2.82. The van der Waals surface area contributed by atoms with Crippen LogP contribution in [0.15, 0.2) is 30.8 Å². The normalized spacial score (nSPS) is 10.7. The molecule has 0 aliphatic rings. The molecule has 2 rings (SSSR count). The highest BCUT2D eigenvalue weighted by Gasteiger charge is 2.23. The zero-order valence-corrected chi connectivity index (χ0v) is 15.1. The van der Waals surface area contributed by atoms with Crippen molar-refractivity contribution in [3.63, 3.8) is 0 Å². The van der Waals surface area contributed by atoms with Crippen molar-refractivity contribution in [1.29, 1.82) is 0 Å². The highest BCUT2D eigenvalue weighted by Crippen LogP contribution is 2.27. The first-order valence-corrected chi connectivity index (χ1v) is 8.48. The number of Topliss-reactive ketones (excluding diaryl/α,β-unsaturated/α-hetero) is 1. The van der Waals surface area contributed by atoms with Crippen LogP contribution >= 0.6 is 0 Å². The van der Waals surface area contributed by atoms with Crippen LogP contribution in [-0.4, -0.2) is 22.7 Å². The third kappa shape index (κ3) is 3.58. The van der Waals surface area contributed by atoms with Gasteiger partial charge in [0.05, 0.1) is 18.5 Å². The van der Waals surface area contributed by atoms with Crippen LogP contribution in [-0.2, 0) is 6.42 Å². The number of aromatic nitrogens is 2. The van der Waals surface area contributed by atoms with Gasteiger partial charge in [-0.3, -0.25) is 4.79 Å². The second-order valence-electron chi connectivity index (χ2n) is 5.99. The van der Waals surface area contributed by atoms with Crippen LogP contribution in [0, 0.1) is 0 Å². The number of hydrogen-bond donors (Lipinski definition) is 0. The van der Waals surface area contributed by atoms with E-state index in [1.165, 1.54) is 0 Å². The maximum atomic E-state index is 12.8. The molecule has 1 aromatic heterocycles. The average molecular weight is 326 g/mol. The standard InChI is InChI=1S/C20H26N2O2/c1-6-8-17-19(14(3)4)21-22(20(17)18(23)9-7-2)15-10-12-16(24-5)13-11-15/h10-13H,3,6-9H2,1-2,4-5H3. The summed E-state index contributed by atoms with van der Waals surface area (Å²) in [7, 11) is 1.64. The molecule has 0 aliphatic carbocycles. The molecule has 0 atom stereocenters. The Bertz CT molecular complexity index is 727. The Kier molecular flexibility index (Phi) is 5.96. The van der Waals surface area contributed by atoms with Gasteiger partial charge in [0.25, 0.3) is 0 Å². The lowest BCUT2D eigenvalue weighted by Gasteiger charge is -2.09. The van der Waals surface area contributed by atoms with E-state index in [9.17, 15) is 4.79 Å². The van der Waals surface area contributed by atoms with Gasteiger partial charge in [-0.1, -0.05) is 26.8 Å². The summed E-state index contributed by atoms with van der Waals surface area (Å²) in [5.74, 6) is 0.915. The van der Waals surface area contributed by atoms with Gasteiger partial charge in [-0.15, -0.1) is 0 Å². The Morgan fingerprint density at radius 3 is 2.38 bits per heavy atom. The smallest absolute Gasteiger partial charge is 0.181 e. The Morgan fingerprint density at radius 2 is 1.88 bits per heavy atom. The first-order valence-electron chi connectivity index (χ1n) is 8.48. The molecule has 0 N–H and O–H groups in total. The third-order valence-corrected chi connectivity index (χ3v) is 3.95. The molecule has 0 saturated carbocycles. The molecule has 0 amide bonds. The summed E-state index contributed by atoms with van der Waals surface area (Å²) in [6.45, 7) is 10.1. The molecule has 0 bridgehead atoms. The van der Waals surface area contributed by atoms with E-state index in [1.807, 2.05) is 38.1 Å². The van der Waals surface area contributed by atoms with Crippen molar-refractivity contribution in [2.75, 3.05) is 7.11 Å². The number of allylic oxidation sites excluding steroid dienone is 1. The lowest BCUT2D eigenvalue weighted by Crippen LogP contribution is -2.11. The second kappa shape index (κ2) is 7.95. The zero-order valence-electron chi connectivity index (χ0n) is 15.1. The van der Waals surface area contributed by atoms with Gasteiger partial charge in [0.2, 0.25) is 0 Å². The number of benzene rings is 1. The maximum Gasteiger partial charge on any atom is 0.181 e. The van der Waals surface area contributed by atoms with E-state index in [-0.39, 0.29) is 5.78 Å². The number of ether oxygens (including phenoxy) is 1. The minimum Gasteiger partial charge on any atom is -0.497 e. The number of rotatable bonds is 8. The minimum atomic E-state index is 0.136. The van der Waals surface area contributed by atoms with Crippen molar-refractivity contribution in [1.82, 2.24) is 9.78 Å². The van der Waals surface area contributed by atoms with E-state index < -0.39 is 0 Å². The molecule has 0 spiro atoms. The van der Waals surface area contributed by atoms with Gasteiger partial charge >= 0.3 is 0 Å². The van der Waals surface area contributed by atoms with E-state index in [1.54, 1.807) is 11.8 Å². The van der Waals surface area contributed by atoms with Crippen LogP contribution in [0.1, 0.15) is 61.8 Å². The van der Waals surface area contributed by atoms with Gasteiger partial charge in [-0.05, 0) is 49.6 Å². The van der Waals surface area contributed by atoms with E-state index >= 15 is 0 Å². The predicted molar refractivity (Wildman–Crippen MR) is 98.1 cm³/mol. The Balaban J connectivity index is 2.65. The van der Waals surface area contributed by atoms with Gasteiger partial charge in [0.15, 0.2) is 5.78 Å². The molecule has 128 valence electrons. The van der Waals surface area contributed by atoms with Crippen LogP contribution in [0.2, 0.25) is 0 Å². The fraction of sp³-hybridized carbons (Fsp3) is 0.400. The number of nitrogens with zero attached hydrogens (tertiary/aromatic N) is 2. The van der Waals surface area contributed by atoms with Gasteiger partial charge in [0, 0.05) is 12.0 Å². The maximum absolute atomic E-state index is 12.8. The lowest BCUT2D eigenvalue weighted by atomic mass is 10.00. The molecular weight excluding hydrogens is 300 g/mol. The predicted octanol–water partition coefficient (Wildman–Crippen LogP) is 4.85. The summed E-state index contributed by atoms with van der Waals surface area (Å²) in [5.41, 5.74) is 4.30. The SMILES string of the molecule is C=C(C)c1nn(-c2ccc(OC)cc2)c(C(=O)CCC)c1CCC. The van der Waals surface area contributed by atoms with E-state index in [0.29, 0.717) is 12.1 Å². The molecule has 4 heteroatoms. The van der Waals surface area contributed by atoms with Gasteiger partial charge in [-0.25, -0.2) is 4.68 Å². The Hall–Kier alpha value is -2.36. The monoisotopic (exact) mass is 326 g/mol. The molecule has 0 radical (unpaired) electrons. The van der Waals surface area contributed by atoms with Crippen molar-refractivity contribution in [3.05, 3.63) is 47.8 Å².